The normalized spacial score (nSPS) is 16.2. The number of benzene rings is 3. The van der Waals surface area contributed by atoms with E-state index in [1.54, 1.807) is 30.3 Å². The number of aromatic nitrogens is 1. The van der Waals surface area contributed by atoms with Crippen molar-refractivity contribution in [1.29, 1.82) is 0 Å². The first-order valence-electron chi connectivity index (χ1n) is 11.2. The lowest BCUT2D eigenvalue weighted by Gasteiger charge is -2.25. The van der Waals surface area contributed by atoms with Crippen LogP contribution in [0.5, 0.6) is 5.75 Å². The number of fused-ring (bicyclic) bond motifs is 1. The van der Waals surface area contributed by atoms with Crippen LogP contribution in [0.25, 0.3) is 16.6 Å². The Bertz CT molecular complexity index is 1520. The van der Waals surface area contributed by atoms with Crippen molar-refractivity contribution in [2.45, 2.75) is 24.8 Å². The fraction of sp³-hybridized carbons (Fsp3) is 0.148. The number of hydrogen-bond donors (Lipinski definition) is 1. The maximum Gasteiger partial charge on any atom is 0.260 e. The molecule has 6 nitrogen and oxygen atoms in total. The summed E-state index contributed by atoms with van der Waals surface area (Å²) in [5, 5.41) is 1.06. The van der Waals surface area contributed by atoms with Gasteiger partial charge in [0.1, 0.15) is 10.9 Å². The fourth-order valence-electron chi connectivity index (χ4n) is 4.08. The van der Waals surface area contributed by atoms with Gasteiger partial charge in [-0.1, -0.05) is 59.6 Å². The van der Waals surface area contributed by atoms with Crippen molar-refractivity contribution < 1.29 is 13.2 Å². The molecule has 1 atom stereocenters. The first-order valence-corrected chi connectivity index (χ1v) is 13.1. The van der Waals surface area contributed by atoms with Crippen molar-refractivity contribution in [3.05, 3.63) is 107 Å². The summed E-state index contributed by atoms with van der Waals surface area (Å²) in [6.45, 7) is 4.47. The van der Waals surface area contributed by atoms with Crippen LogP contribution in [0.2, 0.25) is 5.15 Å². The second-order valence-corrected chi connectivity index (χ2v) is 10.4. The Morgan fingerprint density at radius 3 is 2.49 bits per heavy atom. The Morgan fingerprint density at radius 1 is 1.03 bits per heavy atom. The van der Waals surface area contributed by atoms with E-state index in [0.29, 0.717) is 29.1 Å². The zero-order valence-corrected chi connectivity index (χ0v) is 20.8. The van der Waals surface area contributed by atoms with E-state index in [9.17, 15) is 8.42 Å². The van der Waals surface area contributed by atoms with Crippen LogP contribution in [-0.4, -0.2) is 24.4 Å². The van der Waals surface area contributed by atoms with Gasteiger partial charge in [-0.3, -0.25) is 0 Å². The molecule has 35 heavy (non-hydrogen) atoms. The highest BCUT2D eigenvalue weighted by Crippen LogP contribution is 2.39. The smallest absolute Gasteiger partial charge is 0.260 e. The minimum absolute atomic E-state index is 0.183. The summed E-state index contributed by atoms with van der Waals surface area (Å²) in [6.07, 6.45) is 1.87. The van der Waals surface area contributed by atoms with Crippen LogP contribution < -0.4 is 10.2 Å². The Balaban J connectivity index is 1.63. The van der Waals surface area contributed by atoms with Crippen LogP contribution in [0, 0.1) is 6.92 Å². The number of sulfonamides is 1. The van der Waals surface area contributed by atoms with Crippen molar-refractivity contribution >= 4 is 38.2 Å². The number of nitrogens with zero attached hydrogens (tertiary/aromatic N) is 2. The topological polar surface area (TPSA) is 71.5 Å². The van der Waals surface area contributed by atoms with Gasteiger partial charge in [-0.15, -0.1) is 4.41 Å². The van der Waals surface area contributed by atoms with E-state index >= 15 is 0 Å². The first kappa shape index (κ1) is 23.4. The lowest BCUT2D eigenvalue weighted by Crippen LogP contribution is -2.39. The van der Waals surface area contributed by atoms with Gasteiger partial charge in [0.25, 0.3) is 10.0 Å². The van der Waals surface area contributed by atoms with Gasteiger partial charge in [0.15, 0.2) is 0 Å². The van der Waals surface area contributed by atoms with Crippen molar-refractivity contribution in [3.8, 4) is 5.75 Å². The highest BCUT2D eigenvalue weighted by atomic mass is 35.5. The minimum atomic E-state index is -3.91. The van der Waals surface area contributed by atoms with Crippen LogP contribution in [-0.2, 0) is 10.0 Å². The lowest BCUT2D eigenvalue weighted by molar-refractivity contribution is 0.340. The van der Waals surface area contributed by atoms with E-state index in [-0.39, 0.29) is 10.0 Å². The molecule has 0 spiro atoms. The molecule has 0 saturated heterocycles. The molecule has 1 aliphatic heterocycles. The highest BCUT2D eigenvalue weighted by molar-refractivity contribution is 7.89. The van der Waals surface area contributed by atoms with Crippen LogP contribution in [0.1, 0.15) is 29.7 Å². The molecule has 3 aromatic carbocycles. The molecule has 0 aliphatic carbocycles. The SMILES string of the molecule is CCOc1ccc2cc([C@H]3C=C(c4ccc(C)cc4)NN3S(=O)(=O)c3ccccc3)c(Cl)nc2c1. The maximum absolute atomic E-state index is 13.7. The number of hydrogen-bond acceptors (Lipinski definition) is 5. The predicted molar refractivity (Wildman–Crippen MR) is 138 cm³/mol. The largest absolute Gasteiger partial charge is 0.494 e. The number of halogens is 1. The summed E-state index contributed by atoms with van der Waals surface area (Å²) in [7, 11) is -3.91. The van der Waals surface area contributed by atoms with E-state index in [1.165, 1.54) is 4.41 Å². The van der Waals surface area contributed by atoms with E-state index in [0.717, 1.165) is 16.5 Å². The molecular weight excluding hydrogens is 482 g/mol. The van der Waals surface area contributed by atoms with Crippen LogP contribution in [0.15, 0.2) is 89.8 Å². The van der Waals surface area contributed by atoms with Gasteiger partial charge in [-0.05, 0) is 55.8 Å². The molecule has 0 unspecified atom stereocenters. The van der Waals surface area contributed by atoms with Gasteiger partial charge in [0.05, 0.1) is 28.8 Å². The van der Waals surface area contributed by atoms with E-state index in [1.807, 2.05) is 68.5 Å². The first-order chi connectivity index (χ1) is 16.9. The molecule has 8 heteroatoms. The van der Waals surface area contributed by atoms with Gasteiger partial charge < -0.3 is 10.2 Å². The van der Waals surface area contributed by atoms with Crippen molar-refractivity contribution in [1.82, 2.24) is 14.8 Å². The lowest BCUT2D eigenvalue weighted by atomic mass is 10.0. The molecule has 5 rings (SSSR count). The van der Waals surface area contributed by atoms with E-state index < -0.39 is 16.1 Å². The summed E-state index contributed by atoms with van der Waals surface area (Å²) in [5.74, 6) is 0.702. The predicted octanol–water partition coefficient (Wildman–Crippen LogP) is 5.89. The average Bonchev–Trinajstić information content (AvgIpc) is 3.31. The van der Waals surface area contributed by atoms with E-state index in [2.05, 4.69) is 10.4 Å². The summed E-state index contributed by atoms with van der Waals surface area (Å²) >= 11 is 6.66. The molecular formula is C27H24ClN3O3S. The van der Waals surface area contributed by atoms with E-state index in [4.69, 9.17) is 16.3 Å². The molecule has 0 fully saturated rings. The molecule has 2 heterocycles. The second-order valence-electron chi connectivity index (χ2n) is 8.27. The van der Waals surface area contributed by atoms with Gasteiger partial charge >= 0.3 is 0 Å². The number of hydrazine groups is 1. The zero-order chi connectivity index (χ0) is 24.6. The Morgan fingerprint density at radius 2 is 1.77 bits per heavy atom. The number of pyridine rings is 1. The van der Waals surface area contributed by atoms with Crippen LogP contribution in [0.4, 0.5) is 0 Å². The monoisotopic (exact) mass is 505 g/mol. The Kier molecular flexibility index (Phi) is 6.23. The third-order valence-electron chi connectivity index (χ3n) is 5.87. The quantitative estimate of drug-likeness (QED) is 0.331. The molecule has 0 saturated carbocycles. The standard InChI is InChI=1S/C27H24ClN3O3S/c1-3-34-21-14-13-20-15-23(27(28)29-24(20)16-21)26-17-25(19-11-9-18(2)10-12-19)30-31(26)35(32,33)22-7-5-4-6-8-22/h4-17,26,30H,3H2,1-2H3/t26-/m1/s1. The molecule has 1 aromatic heterocycles. The second kappa shape index (κ2) is 9.34. The van der Waals surface area contributed by atoms with Crippen LogP contribution >= 0.6 is 11.6 Å². The number of nitrogens with one attached hydrogen (secondary N) is 1. The zero-order valence-electron chi connectivity index (χ0n) is 19.3. The third-order valence-corrected chi connectivity index (χ3v) is 7.88. The van der Waals surface area contributed by atoms with Gasteiger partial charge in [-0.25, -0.2) is 13.4 Å². The molecule has 0 amide bonds. The third kappa shape index (κ3) is 4.50. The Hall–Kier alpha value is -3.39. The van der Waals surface area contributed by atoms with Gasteiger partial charge in [0, 0.05) is 17.0 Å². The van der Waals surface area contributed by atoms with Crippen LogP contribution in [0.3, 0.4) is 0 Å². The van der Waals surface area contributed by atoms with Crippen molar-refractivity contribution in [2.24, 2.45) is 0 Å². The van der Waals surface area contributed by atoms with Crippen molar-refractivity contribution in [2.75, 3.05) is 6.61 Å². The molecule has 4 aromatic rings. The molecule has 1 N–H and O–H groups in total. The fourth-order valence-corrected chi connectivity index (χ4v) is 5.76. The molecule has 0 bridgehead atoms. The summed E-state index contributed by atoms with van der Waals surface area (Å²) in [5.41, 5.74) is 7.04. The minimum Gasteiger partial charge on any atom is -0.494 e. The number of aryl methyl sites for hydroxylation is 1. The molecule has 178 valence electrons. The maximum atomic E-state index is 13.7. The van der Waals surface area contributed by atoms with Crippen molar-refractivity contribution in [3.63, 3.8) is 0 Å². The van der Waals surface area contributed by atoms with Gasteiger partial charge in [0.2, 0.25) is 0 Å². The number of rotatable bonds is 6. The summed E-state index contributed by atoms with van der Waals surface area (Å²) in [6, 6.07) is 23.0. The molecule has 1 aliphatic rings. The number of ether oxygens (including phenoxy) is 1. The van der Waals surface area contributed by atoms with Gasteiger partial charge in [-0.2, -0.15) is 0 Å². The summed E-state index contributed by atoms with van der Waals surface area (Å²) < 4.78 is 34.2. The summed E-state index contributed by atoms with van der Waals surface area (Å²) in [4.78, 5) is 4.75. The average molecular weight is 506 g/mol. The Labute approximate surface area is 209 Å². The highest BCUT2D eigenvalue weighted by Gasteiger charge is 2.38. The molecule has 0 radical (unpaired) electrons.